The number of allylic oxidation sites excluding steroid dienone is 2. The summed E-state index contributed by atoms with van der Waals surface area (Å²) in [5, 5.41) is 10.4. The lowest BCUT2D eigenvalue weighted by atomic mass is 9.33. The van der Waals surface area contributed by atoms with Gasteiger partial charge in [-0.2, -0.15) is 0 Å². The molecule has 0 unspecified atom stereocenters. The second kappa shape index (κ2) is 10.4. The molecule has 5 aliphatic carbocycles. The first-order valence-corrected chi connectivity index (χ1v) is 19.0. The van der Waals surface area contributed by atoms with Gasteiger partial charge < -0.3 is 4.42 Å². The Kier molecular flexibility index (Phi) is 6.69. The molecular formula is C44H52FN3O. The summed E-state index contributed by atoms with van der Waals surface area (Å²) in [4.78, 5) is 5.25. The van der Waals surface area contributed by atoms with Gasteiger partial charge in [0.2, 0.25) is 11.8 Å². The summed E-state index contributed by atoms with van der Waals surface area (Å²) in [5.74, 6) is 4.01. The highest BCUT2D eigenvalue weighted by Gasteiger charge is 2.69. The number of hydrogen-bond donors (Lipinski definition) is 0. The predicted molar refractivity (Wildman–Crippen MR) is 193 cm³/mol. The van der Waals surface area contributed by atoms with Gasteiger partial charge in [0.15, 0.2) is 0 Å². The maximum Gasteiger partial charge on any atom is 0.247 e. The molecule has 2 aromatic carbocycles. The van der Waals surface area contributed by atoms with Crippen molar-refractivity contribution in [1.82, 2.24) is 15.2 Å². The first-order chi connectivity index (χ1) is 23.3. The van der Waals surface area contributed by atoms with Crippen LogP contribution in [-0.2, 0) is 17.3 Å². The fourth-order valence-corrected chi connectivity index (χ4v) is 13.2. The number of hydrogen-bond acceptors (Lipinski definition) is 4. The molecule has 0 amide bonds. The van der Waals surface area contributed by atoms with Crippen LogP contribution in [0.15, 0.2) is 70.7 Å². The molecule has 0 N–H and O–H groups in total. The van der Waals surface area contributed by atoms with Gasteiger partial charge in [0, 0.05) is 16.4 Å². The van der Waals surface area contributed by atoms with E-state index in [1.54, 1.807) is 17.7 Å². The number of fused-ring (bicyclic) bond motifs is 9. The van der Waals surface area contributed by atoms with Crippen LogP contribution in [0.4, 0.5) is 4.39 Å². The molecule has 0 bridgehead atoms. The van der Waals surface area contributed by atoms with E-state index in [1.165, 1.54) is 30.5 Å². The molecule has 2 heterocycles. The molecule has 4 nitrogen and oxygen atoms in total. The van der Waals surface area contributed by atoms with Crippen molar-refractivity contribution in [3.05, 3.63) is 89.2 Å². The first kappa shape index (κ1) is 31.6. The summed E-state index contributed by atoms with van der Waals surface area (Å²) in [6, 6.07) is 17.6. The van der Waals surface area contributed by atoms with Crippen LogP contribution in [0.3, 0.4) is 0 Å². The highest BCUT2D eigenvalue weighted by atomic mass is 19.1. The summed E-state index contributed by atoms with van der Waals surface area (Å²) in [5.41, 5.74) is 6.38. The minimum atomic E-state index is -0.187. The van der Waals surface area contributed by atoms with Crippen molar-refractivity contribution in [3.8, 4) is 11.5 Å². The zero-order chi connectivity index (χ0) is 34.1. The molecule has 3 saturated carbocycles. The van der Waals surface area contributed by atoms with Crippen molar-refractivity contribution < 1.29 is 8.81 Å². The Hall–Kier alpha value is -3.34. The first-order valence-electron chi connectivity index (χ1n) is 19.0. The maximum atomic E-state index is 14.4. The number of nitrogens with zero attached hydrogens (tertiary/aromatic N) is 3. The SMILES string of the molecule is C[C@H]1[C@H](C)CC[C@]2(c3nnc(-c4ccccc4)o3)CC[C@]3(C)C(=CC[C@@H]4[C@@]5(C)Cc6cc7cc(F)ccc7nc6C(C)(C)[C@@H]5CC[C@]43C)[C@H]12. The van der Waals surface area contributed by atoms with E-state index in [-0.39, 0.29) is 32.9 Å². The van der Waals surface area contributed by atoms with Crippen molar-refractivity contribution in [2.45, 2.75) is 111 Å². The summed E-state index contributed by atoms with van der Waals surface area (Å²) in [6.45, 7) is 17.8. The molecule has 3 fully saturated rings. The Morgan fingerprint density at radius 1 is 0.837 bits per heavy atom. The third-order valence-corrected chi connectivity index (χ3v) is 16.0. The molecule has 49 heavy (non-hydrogen) atoms. The molecule has 9 atom stereocenters. The minimum absolute atomic E-state index is 0.0550. The predicted octanol–water partition coefficient (Wildman–Crippen LogP) is 11.0. The number of rotatable bonds is 2. The average molecular weight is 658 g/mol. The molecular weight excluding hydrogens is 606 g/mol. The van der Waals surface area contributed by atoms with Gasteiger partial charge in [-0.1, -0.05) is 78.3 Å². The maximum absolute atomic E-state index is 14.4. The third-order valence-electron chi connectivity index (χ3n) is 16.0. The molecule has 256 valence electrons. The number of pyridine rings is 1. The Morgan fingerprint density at radius 2 is 1.63 bits per heavy atom. The largest absolute Gasteiger partial charge is 0.420 e. The molecule has 4 aromatic rings. The van der Waals surface area contributed by atoms with Crippen LogP contribution in [0.5, 0.6) is 0 Å². The molecule has 0 saturated heterocycles. The molecule has 9 rings (SSSR count). The highest BCUT2D eigenvalue weighted by molar-refractivity contribution is 5.80. The van der Waals surface area contributed by atoms with Crippen molar-refractivity contribution in [1.29, 1.82) is 0 Å². The van der Waals surface area contributed by atoms with Gasteiger partial charge in [0.25, 0.3) is 0 Å². The Morgan fingerprint density at radius 3 is 2.43 bits per heavy atom. The van der Waals surface area contributed by atoms with Crippen LogP contribution in [0.1, 0.15) is 111 Å². The second-order valence-electron chi connectivity index (χ2n) is 18.3. The van der Waals surface area contributed by atoms with Gasteiger partial charge in [0.1, 0.15) is 5.82 Å². The lowest BCUT2D eigenvalue weighted by molar-refractivity contribution is -0.157. The van der Waals surface area contributed by atoms with Crippen LogP contribution in [0.25, 0.3) is 22.4 Å². The summed E-state index contributed by atoms with van der Waals surface area (Å²) in [7, 11) is 0. The second-order valence-corrected chi connectivity index (χ2v) is 18.3. The van der Waals surface area contributed by atoms with Crippen LogP contribution in [0.2, 0.25) is 0 Å². The Bertz CT molecular complexity index is 2000. The third kappa shape index (κ3) is 4.11. The molecule has 0 radical (unpaired) electrons. The van der Waals surface area contributed by atoms with Gasteiger partial charge in [-0.25, -0.2) is 4.39 Å². The number of halogens is 1. The van der Waals surface area contributed by atoms with Crippen LogP contribution in [-0.4, -0.2) is 15.2 Å². The summed E-state index contributed by atoms with van der Waals surface area (Å²) < 4.78 is 21.1. The normalized spacial score (nSPS) is 39.2. The monoisotopic (exact) mass is 657 g/mol. The minimum Gasteiger partial charge on any atom is -0.420 e. The highest BCUT2D eigenvalue weighted by Crippen LogP contribution is 2.75. The van der Waals surface area contributed by atoms with Gasteiger partial charge in [-0.15, -0.1) is 10.2 Å². The number of benzene rings is 2. The quantitative estimate of drug-likeness (QED) is 0.201. The summed E-state index contributed by atoms with van der Waals surface area (Å²) in [6.07, 6.45) is 11.9. The van der Waals surface area contributed by atoms with Crippen molar-refractivity contribution in [2.75, 3.05) is 0 Å². The molecule has 5 aliphatic rings. The zero-order valence-electron chi connectivity index (χ0n) is 30.4. The van der Waals surface area contributed by atoms with E-state index in [0.717, 1.165) is 54.5 Å². The van der Waals surface area contributed by atoms with Gasteiger partial charge in [0.05, 0.1) is 16.6 Å². The molecule has 0 aliphatic heterocycles. The van der Waals surface area contributed by atoms with Crippen molar-refractivity contribution in [3.63, 3.8) is 0 Å². The number of aromatic nitrogens is 3. The van der Waals surface area contributed by atoms with Crippen molar-refractivity contribution in [2.24, 2.45) is 45.8 Å². The average Bonchev–Trinajstić information content (AvgIpc) is 3.57. The zero-order valence-corrected chi connectivity index (χ0v) is 30.4. The van der Waals surface area contributed by atoms with Gasteiger partial charge in [-0.05, 0) is 139 Å². The van der Waals surface area contributed by atoms with Gasteiger partial charge in [-0.3, -0.25) is 4.98 Å². The topological polar surface area (TPSA) is 51.8 Å². The van der Waals surface area contributed by atoms with Crippen LogP contribution in [0, 0.1) is 51.7 Å². The van der Waals surface area contributed by atoms with Crippen LogP contribution < -0.4 is 0 Å². The fourth-order valence-electron chi connectivity index (χ4n) is 13.2. The Labute approximate surface area is 291 Å². The van der Waals surface area contributed by atoms with E-state index in [1.807, 2.05) is 24.3 Å². The van der Waals surface area contributed by atoms with Crippen molar-refractivity contribution >= 4 is 10.9 Å². The van der Waals surface area contributed by atoms with E-state index in [9.17, 15) is 4.39 Å². The van der Waals surface area contributed by atoms with E-state index < -0.39 is 0 Å². The van der Waals surface area contributed by atoms with E-state index >= 15 is 0 Å². The van der Waals surface area contributed by atoms with Crippen LogP contribution >= 0.6 is 0 Å². The lowest BCUT2D eigenvalue weighted by Crippen LogP contribution is -2.65. The lowest BCUT2D eigenvalue weighted by Gasteiger charge is -2.71. The standard InChI is InChI=1S/C44H52FN3O/c1-26-17-20-44(39-48-47-38(49-39)28-11-9-8-10-12-28)22-21-42(6)32(36(44)27(26)2)14-16-35-41(5)25-30-23-29-24-31(45)13-15-33(29)46-37(30)40(3,4)34(41)18-19-43(35,42)7/h8-15,23-24,26-27,34-36H,16-22,25H2,1-7H3/t26-,27+,34+,35-,36+,41+,42-,43-,44+/m1/s1. The van der Waals surface area contributed by atoms with E-state index in [0.29, 0.717) is 35.5 Å². The molecule has 2 aromatic heterocycles. The Balaban J connectivity index is 1.14. The van der Waals surface area contributed by atoms with E-state index in [4.69, 9.17) is 14.5 Å². The fraction of sp³-hybridized carbons (Fsp3) is 0.568. The van der Waals surface area contributed by atoms with Gasteiger partial charge >= 0.3 is 0 Å². The summed E-state index contributed by atoms with van der Waals surface area (Å²) >= 11 is 0. The molecule has 5 heteroatoms. The van der Waals surface area contributed by atoms with E-state index in [2.05, 4.69) is 77.8 Å². The molecule has 0 spiro atoms. The smallest absolute Gasteiger partial charge is 0.247 e.